The lowest BCUT2D eigenvalue weighted by Crippen LogP contribution is -2.20. The molecule has 0 unspecified atom stereocenters. The summed E-state index contributed by atoms with van der Waals surface area (Å²) in [6.07, 6.45) is 2.53. The topological polar surface area (TPSA) is 63.6 Å². The van der Waals surface area contributed by atoms with E-state index in [1.54, 1.807) is 26.1 Å². The Morgan fingerprint density at radius 1 is 1.69 bits per heavy atom. The van der Waals surface area contributed by atoms with Gasteiger partial charge in [0, 0.05) is 18.0 Å². The molecule has 6 heteroatoms. The monoisotopic (exact) mass is 241 g/mol. The zero-order valence-corrected chi connectivity index (χ0v) is 9.78. The molecule has 5 nitrogen and oxygen atoms in total. The first-order valence-corrected chi connectivity index (χ1v) is 5.10. The Balaban J connectivity index is 2.71. The summed E-state index contributed by atoms with van der Waals surface area (Å²) in [5, 5.41) is 4.33. The summed E-state index contributed by atoms with van der Waals surface area (Å²) in [7, 11) is 0. The van der Waals surface area contributed by atoms with E-state index in [0.29, 0.717) is 22.9 Å². The van der Waals surface area contributed by atoms with Crippen LogP contribution in [0.4, 0.5) is 4.79 Å². The van der Waals surface area contributed by atoms with Crippen molar-refractivity contribution in [2.24, 2.45) is 5.10 Å². The van der Waals surface area contributed by atoms with Gasteiger partial charge >= 0.3 is 6.09 Å². The normalized spacial score (nSPS) is 11.1. The van der Waals surface area contributed by atoms with Crippen molar-refractivity contribution in [2.75, 3.05) is 6.61 Å². The van der Waals surface area contributed by atoms with Gasteiger partial charge in [-0.05, 0) is 19.9 Å². The highest BCUT2D eigenvalue weighted by atomic mass is 35.5. The molecule has 0 aromatic carbocycles. The number of ether oxygens (including phenoxy) is 1. The molecular formula is C10H12ClN3O2. The number of hydrazone groups is 1. The number of carbonyl (C=O) groups is 1. The van der Waals surface area contributed by atoms with E-state index in [1.165, 1.54) is 6.20 Å². The number of amides is 1. The Morgan fingerprint density at radius 3 is 3.06 bits per heavy atom. The maximum absolute atomic E-state index is 11.0. The number of halogens is 1. The SMILES string of the molecule is CCOC(=O)NN=C(C)c1ccncc1Cl. The van der Waals surface area contributed by atoms with E-state index in [2.05, 4.69) is 20.2 Å². The molecule has 0 bridgehead atoms. The van der Waals surface area contributed by atoms with Gasteiger partial charge in [0.05, 0.1) is 17.3 Å². The minimum Gasteiger partial charge on any atom is -0.449 e. The fraction of sp³-hybridized carbons (Fsp3) is 0.300. The molecule has 0 radical (unpaired) electrons. The highest BCUT2D eigenvalue weighted by Gasteiger charge is 2.04. The second kappa shape index (κ2) is 6.07. The van der Waals surface area contributed by atoms with Crippen molar-refractivity contribution in [2.45, 2.75) is 13.8 Å². The van der Waals surface area contributed by atoms with Crippen molar-refractivity contribution >= 4 is 23.4 Å². The second-order valence-electron chi connectivity index (χ2n) is 2.89. The van der Waals surface area contributed by atoms with Crippen LogP contribution < -0.4 is 5.43 Å². The predicted octanol–water partition coefficient (Wildman–Crippen LogP) is 2.21. The Bertz CT molecular complexity index is 407. The van der Waals surface area contributed by atoms with Gasteiger partial charge in [-0.1, -0.05) is 11.6 Å². The molecular weight excluding hydrogens is 230 g/mol. The Morgan fingerprint density at radius 2 is 2.44 bits per heavy atom. The first kappa shape index (κ1) is 12.4. The summed E-state index contributed by atoms with van der Waals surface area (Å²) >= 11 is 5.91. The van der Waals surface area contributed by atoms with Crippen LogP contribution in [0.3, 0.4) is 0 Å². The van der Waals surface area contributed by atoms with E-state index < -0.39 is 6.09 Å². The van der Waals surface area contributed by atoms with Crippen LogP contribution in [0.5, 0.6) is 0 Å². The summed E-state index contributed by atoms with van der Waals surface area (Å²) in [5.74, 6) is 0. The third kappa shape index (κ3) is 3.51. The van der Waals surface area contributed by atoms with Crippen LogP contribution in [-0.2, 0) is 4.74 Å². The Kier molecular flexibility index (Phi) is 4.72. The quantitative estimate of drug-likeness (QED) is 0.652. The maximum atomic E-state index is 11.0. The molecule has 0 saturated carbocycles. The zero-order chi connectivity index (χ0) is 12.0. The van der Waals surface area contributed by atoms with Gasteiger partial charge < -0.3 is 4.74 Å². The van der Waals surface area contributed by atoms with Gasteiger partial charge in [-0.2, -0.15) is 5.10 Å². The van der Waals surface area contributed by atoms with Crippen LogP contribution in [0.2, 0.25) is 5.02 Å². The van der Waals surface area contributed by atoms with E-state index in [9.17, 15) is 4.79 Å². The highest BCUT2D eigenvalue weighted by Crippen LogP contribution is 2.13. The molecule has 0 aliphatic rings. The molecule has 16 heavy (non-hydrogen) atoms. The van der Waals surface area contributed by atoms with Crippen molar-refractivity contribution in [1.29, 1.82) is 0 Å². The number of rotatable bonds is 3. The molecule has 0 fully saturated rings. The second-order valence-corrected chi connectivity index (χ2v) is 3.29. The maximum Gasteiger partial charge on any atom is 0.427 e. The van der Waals surface area contributed by atoms with E-state index in [4.69, 9.17) is 11.6 Å². The average molecular weight is 242 g/mol. The zero-order valence-electron chi connectivity index (χ0n) is 9.03. The highest BCUT2D eigenvalue weighted by molar-refractivity contribution is 6.34. The number of carbonyl (C=O) groups excluding carboxylic acids is 1. The van der Waals surface area contributed by atoms with E-state index in [-0.39, 0.29) is 0 Å². The number of aromatic nitrogens is 1. The van der Waals surface area contributed by atoms with Gasteiger partial charge in [0.1, 0.15) is 0 Å². The molecule has 0 saturated heterocycles. The van der Waals surface area contributed by atoms with Crippen LogP contribution in [0.25, 0.3) is 0 Å². The van der Waals surface area contributed by atoms with Gasteiger partial charge in [0.25, 0.3) is 0 Å². The molecule has 1 heterocycles. The smallest absolute Gasteiger partial charge is 0.427 e. The van der Waals surface area contributed by atoms with Crippen molar-refractivity contribution in [3.05, 3.63) is 29.0 Å². The number of hydrogen-bond donors (Lipinski definition) is 1. The number of hydrogen-bond acceptors (Lipinski definition) is 4. The minimum atomic E-state index is -0.591. The molecule has 1 aromatic rings. The summed E-state index contributed by atoms with van der Waals surface area (Å²) < 4.78 is 4.66. The van der Waals surface area contributed by atoms with Crippen molar-refractivity contribution in [1.82, 2.24) is 10.4 Å². The van der Waals surface area contributed by atoms with E-state index >= 15 is 0 Å². The van der Waals surface area contributed by atoms with E-state index in [0.717, 1.165) is 0 Å². The summed E-state index contributed by atoms with van der Waals surface area (Å²) in [6.45, 7) is 3.75. The molecule has 0 aliphatic heterocycles. The predicted molar refractivity (Wildman–Crippen MR) is 61.6 cm³/mol. The first-order chi connectivity index (χ1) is 7.65. The van der Waals surface area contributed by atoms with Gasteiger partial charge in [0.2, 0.25) is 0 Å². The first-order valence-electron chi connectivity index (χ1n) is 4.72. The Labute approximate surface area is 98.5 Å². The molecule has 1 rings (SSSR count). The fourth-order valence-corrected chi connectivity index (χ4v) is 1.28. The summed E-state index contributed by atoms with van der Waals surface area (Å²) in [4.78, 5) is 14.8. The fourth-order valence-electron chi connectivity index (χ4n) is 1.02. The lowest BCUT2D eigenvalue weighted by atomic mass is 10.2. The van der Waals surface area contributed by atoms with Crippen molar-refractivity contribution in [3.63, 3.8) is 0 Å². The van der Waals surface area contributed by atoms with Gasteiger partial charge in [0.15, 0.2) is 0 Å². The molecule has 0 spiro atoms. The van der Waals surface area contributed by atoms with Gasteiger partial charge in [-0.3, -0.25) is 4.98 Å². The molecule has 0 aliphatic carbocycles. The molecule has 1 aromatic heterocycles. The van der Waals surface area contributed by atoms with Crippen LogP contribution in [-0.4, -0.2) is 23.4 Å². The molecule has 1 amide bonds. The van der Waals surface area contributed by atoms with Gasteiger partial charge in [-0.25, -0.2) is 10.2 Å². The number of nitrogens with zero attached hydrogens (tertiary/aromatic N) is 2. The third-order valence-electron chi connectivity index (χ3n) is 1.75. The van der Waals surface area contributed by atoms with Crippen molar-refractivity contribution in [3.8, 4) is 0 Å². The summed E-state index contributed by atoms with van der Waals surface area (Å²) in [6, 6.07) is 1.72. The molecule has 0 atom stereocenters. The Hall–Kier alpha value is -1.62. The minimum absolute atomic E-state index is 0.302. The largest absolute Gasteiger partial charge is 0.449 e. The average Bonchev–Trinajstić information content (AvgIpc) is 2.27. The van der Waals surface area contributed by atoms with Gasteiger partial charge in [-0.15, -0.1) is 0 Å². The van der Waals surface area contributed by atoms with Crippen LogP contribution in [0, 0.1) is 0 Å². The van der Waals surface area contributed by atoms with Crippen molar-refractivity contribution < 1.29 is 9.53 Å². The van der Waals surface area contributed by atoms with Crippen LogP contribution >= 0.6 is 11.6 Å². The van der Waals surface area contributed by atoms with E-state index in [1.807, 2.05) is 0 Å². The van der Waals surface area contributed by atoms with Crippen LogP contribution in [0.15, 0.2) is 23.6 Å². The lowest BCUT2D eigenvalue weighted by Gasteiger charge is -2.03. The summed E-state index contributed by atoms with van der Waals surface area (Å²) in [5.41, 5.74) is 3.56. The number of pyridine rings is 1. The van der Waals surface area contributed by atoms with Crippen LogP contribution in [0.1, 0.15) is 19.4 Å². The molecule has 86 valence electrons. The molecule has 1 N–H and O–H groups in total. The lowest BCUT2D eigenvalue weighted by molar-refractivity contribution is 0.152. The standard InChI is InChI=1S/C10H12ClN3O2/c1-3-16-10(15)14-13-7(2)8-4-5-12-6-9(8)11/h4-6H,3H2,1-2H3,(H,14,15). The number of nitrogens with one attached hydrogen (secondary N) is 1. The third-order valence-corrected chi connectivity index (χ3v) is 2.05.